The summed E-state index contributed by atoms with van der Waals surface area (Å²) in [4.78, 5) is 0. The van der Waals surface area contributed by atoms with E-state index < -0.39 is 6.10 Å². The van der Waals surface area contributed by atoms with Crippen LogP contribution in [0.1, 0.15) is 60.6 Å². The zero-order valence-electron chi connectivity index (χ0n) is 18.7. The first-order valence-electron chi connectivity index (χ1n) is 11.6. The van der Waals surface area contributed by atoms with Crippen molar-refractivity contribution in [1.29, 1.82) is 0 Å². The summed E-state index contributed by atoms with van der Waals surface area (Å²) in [5.74, 6) is 3.84. The number of rotatable bonds is 10. The molecule has 5 nitrogen and oxygen atoms in total. The molecule has 0 spiro atoms. The summed E-state index contributed by atoms with van der Waals surface area (Å²) >= 11 is 0. The molecule has 0 saturated heterocycles. The molecule has 31 heavy (non-hydrogen) atoms. The Balaban J connectivity index is 1.22. The molecule has 4 rings (SSSR count). The van der Waals surface area contributed by atoms with Gasteiger partial charge in [0, 0.05) is 12.1 Å². The summed E-state index contributed by atoms with van der Waals surface area (Å²) in [6.45, 7) is 1.60. The number of methoxy groups -OCH3 is 2. The van der Waals surface area contributed by atoms with Crippen LogP contribution in [0.15, 0.2) is 36.4 Å². The average molecular weight is 426 g/mol. The van der Waals surface area contributed by atoms with E-state index in [0.717, 1.165) is 41.7 Å². The molecule has 2 aliphatic carbocycles. The second-order valence-electron chi connectivity index (χ2n) is 8.72. The van der Waals surface area contributed by atoms with Gasteiger partial charge in [0.25, 0.3) is 0 Å². The van der Waals surface area contributed by atoms with Crippen molar-refractivity contribution in [3.63, 3.8) is 0 Å². The highest BCUT2D eigenvalue weighted by Gasteiger charge is 2.40. The fraction of sp³-hybridized carbons (Fsp3) is 0.538. The summed E-state index contributed by atoms with van der Waals surface area (Å²) < 4.78 is 16.7. The van der Waals surface area contributed by atoms with Crippen molar-refractivity contribution in [2.45, 2.75) is 56.5 Å². The van der Waals surface area contributed by atoms with Gasteiger partial charge in [-0.3, -0.25) is 0 Å². The third-order valence-corrected chi connectivity index (χ3v) is 6.74. The largest absolute Gasteiger partial charge is 0.493 e. The monoisotopic (exact) mass is 425 g/mol. The molecule has 0 aromatic heterocycles. The lowest BCUT2D eigenvalue weighted by Crippen LogP contribution is -2.33. The van der Waals surface area contributed by atoms with Crippen LogP contribution in [0.2, 0.25) is 0 Å². The second kappa shape index (κ2) is 10.4. The maximum absolute atomic E-state index is 10.4. The Bertz CT molecular complexity index is 868. The molecule has 0 radical (unpaired) electrons. The molecule has 2 aromatic carbocycles. The van der Waals surface area contributed by atoms with E-state index in [2.05, 4.69) is 23.5 Å². The molecule has 2 aromatic rings. The number of hydrogen-bond acceptors (Lipinski definition) is 5. The molecule has 0 heterocycles. The van der Waals surface area contributed by atoms with Crippen LogP contribution in [-0.2, 0) is 6.42 Å². The first kappa shape index (κ1) is 22.0. The number of aliphatic hydroxyl groups excluding tert-OH is 1. The van der Waals surface area contributed by atoms with Crippen LogP contribution in [-0.4, -0.2) is 45.1 Å². The summed E-state index contributed by atoms with van der Waals surface area (Å²) in [5.41, 5.74) is 4.05. The predicted octanol–water partition coefficient (Wildman–Crippen LogP) is 4.42. The molecule has 0 aliphatic heterocycles. The van der Waals surface area contributed by atoms with Crippen molar-refractivity contribution in [2.75, 3.05) is 33.9 Å². The van der Waals surface area contributed by atoms with Crippen LogP contribution in [0.25, 0.3) is 0 Å². The molecule has 1 fully saturated rings. The van der Waals surface area contributed by atoms with Gasteiger partial charge in [-0.25, -0.2) is 0 Å². The maximum Gasteiger partial charge on any atom is 0.160 e. The van der Waals surface area contributed by atoms with E-state index >= 15 is 0 Å². The van der Waals surface area contributed by atoms with Gasteiger partial charge in [0.15, 0.2) is 11.5 Å². The van der Waals surface area contributed by atoms with Gasteiger partial charge >= 0.3 is 0 Å². The highest BCUT2D eigenvalue weighted by molar-refractivity contribution is 5.53. The van der Waals surface area contributed by atoms with E-state index in [1.54, 1.807) is 14.2 Å². The molecule has 168 valence electrons. The van der Waals surface area contributed by atoms with E-state index in [-0.39, 0.29) is 0 Å². The fourth-order valence-corrected chi connectivity index (χ4v) is 5.12. The number of hydrogen-bond donors (Lipinski definition) is 2. The predicted molar refractivity (Wildman–Crippen MR) is 123 cm³/mol. The molecule has 3 atom stereocenters. The van der Waals surface area contributed by atoms with Gasteiger partial charge in [0.2, 0.25) is 0 Å². The highest BCUT2D eigenvalue weighted by Crippen LogP contribution is 2.56. The number of nitrogens with one attached hydrogen (secondary N) is 1. The van der Waals surface area contributed by atoms with Crippen molar-refractivity contribution < 1.29 is 19.3 Å². The Morgan fingerprint density at radius 2 is 1.77 bits per heavy atom. The van der Waals surface area contributed by atoms with Crippen molar-refractivity contribution >= 4 is 0 Å². The van der Waals surface area contributed by atoms with Crippen molar-refractivity contribution in [2.24, 2.45) is 0 Å². The lowest BCUT2D eigenvalue weighted by Gasteiger charge is -2.40. The molecule has 2 aliphatic rings. The minimum atomic E-state index is -0.536. The van der Waals surface area contributed by atoms with Gasteiger partial charge in [0.1, 0.15) is 18.5 Å². The summed E-state index contributed by atoms with van der Waals surface area (Å²) in [5, 5.41) is 13.7. The fourth-order valence-electron chi connectivity index (χ4n) is 5.12. The third-order valence-electron chi connectivity index (χ3n) is 6.74. The van der Waals surface area contributed by atoms with Crippen molar-refractivity contribution in [3.05, 3.63) is 53.1 Å². The van der Waals surface area contributed by atoms with Crippen LogP contribution in [0.3, 0.4) is 0 Å². The smallest absolute Gasteiger partial charge is 0.160 e. The summed E-state index contributed by atoms with van der Waals surface area (Å²) in [6.07, 6.45) is 6.92. The third kappa shape index (κ3) is 4.99. The SMILES string of the molecule is COc1ccc(CCNCC(O)COc2cccc3c2[C@@H]2CCCCC[C@H]32)cc1OC. The van der Waals surface area contributed by atoms with Crippen LogP contribution in [0.5, 0.6) is 17.2 Å². The Hall–Kier alpha value is -2.24. The van der Waals surface area contributed by atoms with Gasteiger partial charge in [-0.15, -0.1) is 0 Å². The molecule has 1 saturated carbocycles. The second-order valence-corrected chi connectivity index (χ2v) is 8.72. The molecular weight excluding hydrogens is 390 g/mol. The first-order chi connectivity index (χ1) is 15.2. The molecule has 5 heteroatoms. The minimum Gasteiger partial charge on any atom is -0.493 e. The number of ether oxygens (including phenoxy) is 3. The number of fused-ring (bicyclic) bond motifs is 4. The van der Waals surface area contributed by atoms with E-state index in [4.69, 9.17) is 14.2 Å². The average Bonchev–Trinajstić information content (AvgIpc) is 3.00. The summed E-state index contributed by atoms with van der Waals surface area (Å²) in [7, 11) is 3.28. The normalized spacial score (nSPS) is 20.6. The lowest BCUT2D eigenvalue weighted by atomic mass is 9.65. The summed E-state index contributed by atoms with van der Waals surface area (Å²) in [6, 6.07) is 12.4. The quantitative estimate of drug-likeness (QED) is 0.552. The van der Waals surface area contributed by atoms with E-state index in [1.165, 1.54) is 43.2 Å². The van der Waals surface area contributed by atoms with Crippen molar-refractivity contribution in [1.82, 2.24) is 5.32 Å². The standard InChI is InChI=1S/C26H35NO4/c1-29-23-12-11-18(15-25(23)30-2)13-14-27-16-19(28)17-31-24-10-6-9-22-20-7-4-3-5-8-21(20)26(22)24/h6,9-12,15,19-21,27-28H,3-5,7-8,13-14,16-17H2,1-2H3/t19?,20-,21+/m0/s1. The van der Waals surface area contributed by atoms with Crippen LogP contribution in [0, 0.1) is 0 Å². The van der Waals surface area contributed by atoms with Gasteiger partial charge in [-0.05, 0) is 67.0 Å². The van der Waals surface area contributed by atoms with Gasteiger partial charge < -0.3 is 24.6 Å². The van der Waals surface area contributed by atoms with Crippen molar-refractivity contribution in [3.8, 4) is 17.2 Å². The molecule has 0 amide bonds. The molecule has 2 N–H and O–H groups in total. The van der Waals surface area contributed by atoms with Gasteiger partial charge in [-0.1, -0.05) is 37.5 Å². The van der Waals surface area contributed by atoms with Crippen LogP contribution in [0.4, 0.5) is 0 Å². The Kier molecular flexibility index (Phi) is 7.36. The lowest BCUT2D eigenvalue weighted by molar-refractivity contribution is 0.105. The number of benzene rings is 2. The topological polar surface area (TPSA) is 60.0 Å². The molecule has 0 bridgehead atoms. The first-order valence-corrected chi connectivity index (χ1v) is 11.6. The van der Waals surface area contributed by atoms with Gasteiger partial charge in [-0.2, -0.15) is 0 Å². The van der Waals surface area contributed by atoms with E-state index in [0.29, 0.717) is 19.1 Å². The van der Waals surface area contributed by atoms with Gasteiger partial charge in [0.05, 0.1) is 14.2 Å². The highest BCUT2D eigenvalue weighted by atomic mass is 16.5. The van der Waals surface area contributed by atoms with Crippen LogP contribution >= 0.6 is 0 Å². The van der Waals surface area contributed by atoms with E-state index in [9.17, 15) is 5.11 Å². The molecular formula is C26H35NO4. The Morgan fingerprint density at radius 1 is 0.968 bits per heavy atom. The minimum absolute atomic E-state index is 0.317. The Labute approximate surface area is 185 Å². The number of aliphatic hydroxyl groups is 1. The zero-order chi connectivity index (χ0) is 21.6. The zero-order valence-corrected chi connectivity index (χ0v) is 18.7. The van der Waals surface area contributed by atoms with Crippen LogP contribution < -0.4 is 19.5 Å². The molecule has 1 unspecified atom stereocenters. The Morgan fingerprint density at radius 3 is 2.58 bits per heavy atom. The van der Waals surface area contributed by atoms with E-state index in [1.807, 2.05) is 18.2 Å². The maximum atomic E-state index is 10.4.